The lowest BCUT2D eigenvalue weighted by Gasteiger charge is -2.27. The summed E-state index contributed by atoms with van der Waals surface area (Å²) in [4.78, 5) is 0. The fraction of sp³-hybridized carbons (Fsp3) is 0.385. The highest BCUT2D eigenvalue weighted by molar-refractivity contribution is 5.73. The smallest absolute Gasteiger partial charge is 0.0648 e. The first-order valence-electron chi connectivity index (χ1n) is 5.44. The molecule has 0 fully saturated rings. The van der Waals surface area contributed by atoms with Crippen molar-refractivity contribution >= 4 is 5.57 Å². The third kappa shape index (κ3) is 2.11. The van der Waals surface area contributed by atoms with E-state index in [-0.39, 0.29) is 6.61 Å². The first-order chi connectivity index (χ1) is 7.33. The van der Waals surface area contributed by atoms with E-state index >= 15 is 0 Å². The molecule has 0 saturated heterocycles. The van der Waals surface area contributed by atoms with Crippen LogP contribution in [0.4, 0.5) is 0 Å². The van der Waals surface area contributed by atoms with Crippen molar-refractivity contribution in [1.82, 2.24) is 5.32 Å². The molecule has 0 amide bonds. The van der Waals surface area contributed by atoms with Gasteiger partial charge >= 0.3 is 0 Å². The van der Waals surface area contributed by atoms with Crippen LogP contribution < -0.4 is 5.32 Å². The Morgan fingerprint density at radius 1 is 1.33 bits per heavy atom. The normalized spacial score (nSPS) is 21.9. The maximum atomic E-state index is 9.35. The molecule has 1 aromatic carbocycles. The molecule has 2 heteroatoms. The largest absolute Gasteiger partial charge is 0.392 e. The van der Waals surface area contributed by atoms with Crippen molar-refractivity contribution in [2.24, 2.45) is 0 Å². The predicted molar refractivity (Wildman–Crippen MR) is 62.5 cm³/mol. The number of aliphatic hydroxyl groups excluding tert-OH is 1. The molecular formula is C13H17NO. The number of aliphatic hydroxyl groups is 1. The van der Waals surface area contributed by atoms with Crippen molar-refractivity contribution < 1.29 is 5.11 Å². The number of hydrogen-bond donors (Lipinski definition) is 2. The zero-order valence-electron chi connectivity index (χ0n) is 9.03. The summed E-state index contributed by atoms with van der Waals surface area (Å²) in [6.07, 6.45) is 0.949. The van der Waals surface area contributed by atoms with Crippen molar-refractivity contribution in [1.29, 1.82) is 0 Å². The fourth-order valence-electron chi connectivity index (χ4n) is 2.22. The van der Waals surface area contributed by atoms with Crippen LogP contribution in [-0.4, -0.2) is 24.3 Å². The summed E-state index contributed by atoms with van der Waals surface area (Å²) < 4.78 is 0. The molecule has 15 heavy (non-hydrogen) atoms. The summed E-state index contributed by atoms with van der Waals surface area (Å²) in [5.41, 5.74) is 3.66. The van der Waals surface area contributed by atoms with Crippen LogP contribution in [0.15, 0.2) is 35.9 Å². The van der Waals surface area contributed by atoms with Gasteiger partial charge in [-0.1, -0.05) is 30.3 Å². The first-order valence-corrected chi connectivity index (χ1v) is 5.44. The molecule has 1 aliphatic rings. The summed E-state index contributed by atoms with van der Waals surface area (Å²) >= 11 is 0. The summed E-state index contributed by atoms with van der Waals surface area (Å²) in [6.45, 7) is 3.29. The molecule has 0 spiro atoms. The van der Waals surface area contributed by atoms with Crippen LogP contribution in [0.1, 0.15) is 18.9 Å². The van der Waals surface area contributed by atoms with Gasteiger partial charge in [-0.3, -0.25) is 0 Å². The van der Waals surface area contributed by atoms with Gasteiger partial charge in [0, 0.05) is 6.04 Å². The first kappa shape index (κ1) is 10.4. The van der Waals surface area contributed by atoms with E-state index in [0.29, 0.717) is 6.04 Å². The quantitative estimate of drug-likeness (QED) is 0.768. The molecule has 0 radical (unpaired) electrons. The van der Waals surface area contributed by atoms with Crippen molar-refractivity contribution in [2.45, 2.75) is 19.4 Å². The van der Waals surface area contributed by atoms with Gasteiger partial charge in [0.2, 0.25) is 0 Å². The van der Waals surface area contributed by atoms with Gasteiger partial charge < -0.3 is 10.4 Å². The van der Waals surface area contributed by atoms with E-state index in [0.717, 1.165) is 13.0 Å². The minimum absolute atomic E-state index is 0.177. The molecule has 0 aliphatic carbocycles. The summed E-state index contributed by atoms with van der Waals surface area (Å²) in [6, 6.07) is 10.6. The average Bonchev–Trinajstić information content (AvgIpc) is 2.29. The molecule has 1 unspecified atom stereocenters. The highest BCUT2D eigenvalue weighted by Crippen LogP contribution is 2.26. The molecule has 0 saturated carbocycles. The van der Waals surface area contributed by atoms with Crippen molar-refractivity contribution in [3.8, 4) is 0 Å². The van der Waals surface area contributed by atoms with Crippen LogP contribution in [0, 0.1) is 0 Å². The Labute approximate surface area is 90.6 Å². The topological polar surface area (TPSA) is 32.3 Å². The Bertz CT molecular complexity index is 356. The minimum atomic E-state index is 0.177. The lowest BCUT2D eigenvalue weighted by molar-refractivity contribution is 0.323. The van der Waals surface area contributed by atoms with E-state index in [2.05, 4.69) is 24.4 Å². The lowest BCUT2D eigenvalue weighted by atomic mass is 9.90. The Morgan fingerprint density at radius 2 is 2.07 bits per heavy atom. The zero-order chi connectivity index (χ0) is 10.7. The monoisotopic (exact) mass is 203 g/mol. The van der Waals surface area contributed by atoms with Crippen molar-refractivity contribution in [3.63, 3.8) is 0 Å². The van der Waals surface area contributed by atoms with E-state index in [1.54, 1.807) is 0 Å². The number of benzene rings is 1. The molecule has 0 aromatic heterocycles. The highest BCUT2D eigenvalue weighted by Gasteiger charge is 2.19. The van der Waals surface area contributed by atoms with Crippen LogP contribution in [0.3, 0.4) is 0 Å². The summed E-state index contributed by atoms with van der Waals surface area (Å²) in [7, 11) is 0. The predicted octanol–water partition coefficient (Wildman–Crippen LogP) is 1.81. The Kier molecular flexibility index (Phi) is 3.19. The third-order valence-corrected chi connectivity index (χ3v) is 2.97. The SMILES string of the molecule is CC1NCCC(CO)=C1c1ccccc1. The van der Waals surface area contributed by atoms with E-state index in [4.69, 9.17) is 0 Å². The van der Waals surface area contributed by atoms with Gasteiger partial charge in [-0.15, -0.1) is 0 Å². The van der Waals surface area contributed by atoms with Crippen LogP contribution in [0.5, 0.6) is 0 Å². The molecule has 2 nitrogen and oxygen atoms in total. The second kappa shape index (κ2) is 4.60. The Balaban J connectivity index is 2.43. The molecule has 2 rings (SSSR count). The van der Waals surface area contributed by atoms with E-state index in [1.807, 2.05) is 18.2 Å². The molecule has 0 bridgehead atoms. The average molecular weight is 203 g/mol. The van der Waals surface area contributed by atoms with Crippen molar-refractivity contribution in [2.75, 3.05) is 13.2 Å². The molecule has 1 atom stereocenters. The molecule has 80 valence electrons. The van der Waals surface area contributed by atoms with Crippen LogP contribution in [-0.2, 0) is 0 Å². The van der Waals surface area contributed by atoms with Gasteiger partial charge in [-0.2, -0.15) is 0 Å². The van der Waals surface area contributed by atoms with Gasteiger partial charge in [0.25, 0.3) is 0 Å². The van der Waals surface area contributed by atoms with Gasteiger partial charge in [-0.25, -0.2) is 0 Å². The Morgan fingerprint density at radius 3 is 2.73 bits per heavy atom. The lowest BCUT2D eigenvalue weighted by Crippen LogP contribution is -2.34. The second-order valence-corrected chi connectivity index (χ2v) is 3.97. The van der Waals surface area contributed by atoms with Crippen LogP contribution in [0.2, 0.25) is 0 Å². The molecule has 1 aliphatic heterocycles. The third-order valence-electron chi connectivity index (χ3n) is 2.97. The zero-order valence-corrected chi connectivity index (χ0v) is 9.03. The van der Waals surface area contributed by atoms with Crippen molar-refractivity contribution in [3.05, 3.63) is 41.5 Å². The summed E-state index contributed by atoms with van der Waals surface area (Å²) in [5, 5.41) is 12.8. The molecule has 2 N–H and O–H groups in total. The summed E-state index contributed by atoms with van der Waals surface area (Å²) in [5.74, 6) is 0. The van der Waals surface area contributed by atoms with Gasteiger partial charge in [0.1, 0.15) is 0 Å². The molecular weight excluding hydrogens is 186 g/mol. The van der Waals surface area contributed by atoms with Gasteiger partial charge in [0.05, 0.1) is 6.61 Å². The maximum absolute atomic E-state index is 9.35. The van der Waals surface area contributed by atoms with E-state index in [9.17, 15) is 5.11 Å². The molecule has 1 heterocycles. The maximum Gasteiger partial charge on any atom is 0.0648 e. The van der Waals surface area contributed by atoms with Crippen LogP contribution >= 0.6 is 0 Å². The molecule has 1 aromatic rings. The van der Waals surface area contributed by atoms with E-state index < -0.39 is 0 Å². The second-order valence-electron chi connectivity index (χ2n) is 3.97. The number of rotatable bonds is 2. The highest BCUT2D eigenvalue weighted by atomic mass is 16.3. The number of nitrogens with one attached hydrogen (secondary N) is 1. The standard InChI is InChI=1S/C13H17NO/c1-10-13(11-5-3-2-4-6-11)12(9-15)7-8-14-10/h2-6,10,14-15H,7-9H2,1H3. The Hall–Kier alpha value is -1.12. The van der Waals surface area contributed by atoms with Gasteiger partial charge in [0.15, 0.2) is 0 Å². The number of hydrogen-bond acceptors (Lipinski definition) is 2. The van der Waals surface area contributed by atoms with Crippen LogP contribution in [0.25, 0.3) is 5.57 Å². The van der Waals surface area contributed by atoms with E-state index in [1.165, 1.54) is 16.7 Å². The fourth-order valence-corrected chi connectivity index (χ4v) is 2.22. The van der Waals surface area contributed by atoms with Gasteiger partial charge in [-0.05, 0) is 36.6 Å². The minimum Gasteiger partial charge on any atom is -0.392 e.